The molecule has 1 heteroatoms. The topological polar surface area (TPSA) is 26.0 Å². The molecule has 0 heterocycles. The normalized spacial score (nSPS) is 17.1. The van der Waals surface area contributed by atoms with E-state index in [4.69, 9.17) is 5.73 Å². The minimum Gasteiger partial charge on any atom is -0.328 e. The van der Waals surface area contributed by atoms with E-state index in [1.165, 1.54) is 31.2 Å². The molecule has 0 spiro atoms. The molecule has 2 N–H and O–H groups in total. The fourth-order valence-electron chi connectivity index (χ4n) is 2.44. The highest BCUT2D eigenvalue weighted by molar-refractivity contribution is 5.52. The van der Waals surface area contributed by atoms with E-state index < -0.39 is 0 Å². The van der Waals surface area contributed by atoms with E-state index >= 15 is 0 Å². The first-order valence-electron chi connectivity index (χ1n) is 6.79. The van der Waals surface area contributed by atoms with Crippen LogP contribution in [0.4, 0.5) is 0 Å². The standard InChI is InChI=1S/C16H23N/c1-13(17)6-2-3-7-14-10-11-15-8-4-5-9-16(15)12-14/h3,7,10-13H,2,4-6,8-9,17H2,1H3/b7-3+. The Morgan fingerprint density at radius 3 is 2.76 bits per heavy atom. The minimum absolute atomic E-state index is 0.309. The highest BCUT2D eigenvalue weighted by atomic mass is 14.6. The van der Waals surface area contributed by atoms with E-state index in [1.54, 1.807) is 11.1 Å². The van der Waals surface area contributed by atoms with Crippen molar-refractivity contribution >= 4 is 6.08 Å². The maximum absolute atomic E-state index is 5.73. The van der Waals surface area contributed by atoms with Crippen molar-refractivity contribution in [2.45, 2.75) is 51.5 Å². The monoisotopic (exact) mass is 229 g/mol. The Morgan fingerprint density at radius 2 is 2.00 bits per heavy atom. The van der Waals surface area contributed by atoms with Gasteiger partial charge in [-0.3, -0.25) is 0 Å². The van der Waals surface area contributed by atoms with Gasteiger partial charge >= 0.3 is 0 Å². The number of hydrogen-bond donors (Lipinski definition) is 1. The summed E-state index contributed by atoms with van der Waals surface area (Å²) >= 11 is 0. The van der Waals surface area contributed by atoms with Gasteiger partial charge in [0.1, 0.15) is 0 Å². The summed E-state index contributed by atoms with van der Waals surface area (Å²) in [5.41, 5.74) is 10.2. The van der Waals surface area contributed by atoms with Crippen molar-refractivity contribution in [3.63, 3.8) is 0 Å². The third-order valence-electron chi connectivity index (χ3n) is 3.47. The zero-order chi connectivity index (χ0) is 12.1. The Hall–Kier alpha value is -1.08. The highest BCUT2D eigenvalue weighted by Gasteiger charge is 2.08. The molecule has 1 aliphatic carbocycles. The van der Waals surface area contributed by atoms with E-state index in [2.05, 4.69) is 37.3 Å². The number of aryl methyl sites for hydroxylation is 2. The lowest BCUT2D eigenvalue weighted by Crippen LogP contribution is -2.13. The third kappa shape index (κ3) is 3.71. The Balaban J connectivity index is 1.97. The summed E-state index contributed by atoms with van der Waals surface area (Å²) in [6, 6.07) is 7.21. The molecule has 1 atom stereocenters. The van der Waals surface area contributed by atoms with E-state index in [1.807, 2.05) is 0 Å². The number of fused-ring (bicyclic) bond motifs is 1. The quantitative estimate of drug-likeness (QED) is 0.837. The molecule has 1 nitrogen and oxygen atoms in total. The van der Waals surface area contributed by atoms with E-state index in [-0.39, 0.29) is 0 Å². The van der Waals surface area contributed by atoms with Gasteiger partial charge in [-0.1, -0.05) is 30.4 Å². The van der Waals surface area contributed by atoms with E-state index in [9.17, 15) is 0 Å². The Kier molecular flexibility index (Phi) is 4.38. The number of nitrogens with two attached hydrogens (primary N) is 1. The van der Waals surface area contributed by atoms with Gasteiger partial charge in [-0.05, 0) is 62.1 Å². The molecule has 1 aliphatic rings. The molecular formula is C16H23N. The van der Waals surface area contributed by atoms with Gasteiger partial charge in [-0.25, -0.2) is 0 Å². The summed E-state index contributed by atoms with van der Waals surface area (Å²) in [4.78, 5) is 0. The number of benzene rings is 1. The second-order valence-electron chi connectivity index (χ2n) is 5.19. The van der Waals surface area contributed by atoms with Crippen LogP contribution in [0, 0.1) is 0 Å². The smallest absolute Gasteiger partial charge is 0.00134 e. The number of allylic oxidation sites excluding steroid dienone is 1. The van der Waals surface area contributed by atoms with Crippen molar-refractivity contribution in [2.75, 3.05) is 0 Å². The van der Waals surface area contributed by atoms with Crippen molar-refractivity contribution in [3.05, 3.63) is 41.0 Å². The van der Waals surface area contributed by atoms with Gasteiger partial charge < -0.3 is 5.73 Å². The molecule has 0 saturated heterocycles. The molecule has 1 aromatic rings. The Labute approximate surface area is 105 Å². The summed E-state index contributed by atoms with van der Waals surface area (Å²) < 4.78 is 0. The fraction of sp³-hybridized carbons (Fsp3) is 0.500. The van der Waals surface area contributed by atoms with Crippen molar-refractivity contribution in [1.82, 2.24) is 0 Å². The molecule has 92 valence electrons. The third-order valence-corrected chi connectivity index (χ3v) is 3.47. The summed E-state index contributed by atoms with van der Waals surface area (Å²) in [5, 5.41) is 0. The van der Waals surface area contributed by atoms with Crippen molar-refractivity contribution in [3.8, 4) is 0 Å². The summed E-state index contributed by atoms with van der Waals surface area (Å²) in [7, 11) is 0. The molecule has 0 radical (unpaired) electrons. The van der Waals surface area contributed by atoms with Crippen molar-refractivity contribution in [1.29, 1.82) is 0 Å². The molecular weight excluding hydrogens is 206 g/mol. The average Bonchev–Trinajstić information content (AvgIpc) is 2.34. The van der Waals surface area contributed by atoms with Crippen LogP contribution in [0.3, 0.4) is 0 Å². The summed E-state index contributed by atoms with van der Waals surface area (Å²) in [6.45, 7) is 2.06. The van der Waals surface area contributed by atoms with Crippen LogP contribution in [-0.2, 0) is 12.8 Å². The molecule has 0 bridgehead atoms. The van der Waals surface area contributed by atoms with Crippen molar-refractivity contribution < 1.29 is 0 Å². The van der Waals surface area contributed by atoms with Gasteiger partial charge in [0.05, 0.1) is 0 Å². The maximum atomic E-state index is 5.73. The first-order valence-corrected chi connectivity index (χ1v) is 6.79. The number of hydrogen-bond acceptors (Lipinski definition) is 1. The zero-order valence-electron chi connectivity index (χ0n) is 10.8. The second kappa shape index (κ2) is 6.02. The summed E-state index contributed by atoms with van der Waals surface area (Å²) in [6.07, 6.45) is 11.9. The van der Waals surface area contributed by atoms with Gasteiger partial charge in [0, 0.05) is 6.04 Å². The Bertz CT molecular complexity index is 391. The highest BCUT2D eigenvalue weighted by Crippen LogP contribution is 2.22. The predicted octanol–water partition coefficient (Wildman–Crippen LogP) is 3.71. The molecule has 0 aliphatic heterocycles. The van der Waals surface area contributed by atoms with Gasteiger partial charge in [-0.2, -0.15) is 0 Å². The molecule has 17 heavy (non-hydrogen) atoms. The molecule has 0 amide bonds. The van der Waals surface area contributed by atoms with Crippen LogP contribution in [0.5, 0.6) is 0 Å². The minimum atomic E-state index is 0.309. The van der Waals surface area contributed by atoms with Gasteiger partial charge in [0.25, 0.3) is 0 Å². The zero-order valence-corrected chi connectivity index (χ0v) is 10.8. The number of rotatable bonds is 4. The van der Waals surface area contributed by atoms with Crippen LogP contribution in [0.1, 0.15) is 49.3 Å². The van der Waals surface area contributed by atoms with Crippen LogP contribution in [0.25, 0.3) is 6.08 Å². The molecule has 1 unspecified atom stereocenters. The largest absolute Gasteiger partial charge is 0.328 e. The lowest BCUT2D eigenvalue weighted by atomic mass is 9.90. The van der Waals surface area contributed by atoms with Gasteiger partial charge in [0.15, 0.2) is 0 Å². The average molecular weight is 229 g/mol. The van der Waals surface area contributed by atoms with E-state index in [0.717, 1.165) is 12.8 Å². The van der Waals surface area contributed by atoms with Gasteiger partial charge in [-0.15, -0.1) is 0 Å². The van der Waals surface area contributed by atoms with Crippen LogP contribution < -0.4 is 5.73 Å². The van der Waals surface area contributed by atoms with Crippen LogP contribution in [0.2, 0.25) is 0 Å². The van der Waals surface area contributed by atoms with Crippen LogP contribution >= 0.6 is 0 Å². The molecule has 1 aromatic carbocycles. The molecule has 0 aromatic heterocycles. The van der Waals surface area contributed by atoms with Crippen LogP contribution in [-0.4, -0.2) is 6.04 Å². The van der Waals surface area contributed by atoms with Gasteiger partial charge in [0.2, 0.25) is 0 Å². The molecule has 0 saturated carbocycles. The fourth-order valence-corrected chi connectivity index (χ4v) is 2.44. The predicted molar refractivity (Wildman–Crippen MR) is 75.0 cm³/mol. The van der Waals surface area contributed by atoms with Crippen LogP contribution in [0.15, 0.2) is 24.3 Å². The lowest BCUT2D eigenvalue weighted by Gasteiger charge is -2.15. The SMILES string of the molecule is CC(N)CC/C=C/c1ccc2c(c1)CCCC2. The summed E-state index contributed by atoms with van der Waals surface area (Å²) in [5.74, 6) is 0. The first kappa shape index (κ1) is 12.4. The molecule has 0 fully saturated rings. The molecule has 2 rings (SSSR count). The second-order valence-corrected chi connectivity index (χ2v) is 5.19. The first-order chi connectivity index (χ1) is 8.25. The lowest BCUT2D eigenvalue weighted by molar-refractivity contribution is 0.677. The maximum Gasteiger partial charge on any atom is 0.00134 e. The van der Waals surface area contributed by atoms with Crippen molar-refractivity contribution in [2.24, 2.45) is 5.73 Å². The van der Waals surface area contributed by atoms with E-state index in [0.29, 0.717) is 6.04 Å². The Morgan fingerprint density at radius 1 is 1.24 bits per heavy atom.